The van der Waals surface area contributed by atoms with Crippen LogP contribution < -0.4 is 5.46 Å². The van der Waals surface area contributed by atoms with Crippen molar-refractivity contribution in [3.8, 4) is 0 Å². The number of fused-ring (bicyclic) bond motifs is 1. The smallest absolute Gasteiger partial charge is 0.170 e. The Bertz CT molecular complexity index is 357. The van der Waals surface area contributed by atoms with Crippen molar-refractivity contribution in [2.45, 2.75) is 0 Å². The standard InChI is InChI=1S/C6H3BN2S/c7-4-1-5-6(8-2-4)9-3-10-5/h1-3H. The molecule has 2 radical (unpaired) electrons. The molecule has 0 N–H and O–H groups in total. The highest BCUT2D eigenvalue weighted by Crippen LogP contribution is 2.11. The molecular weight excluding hydrogens is 143 g/mol. The molecule has 0 aliphatic carbocycles. The fraction of sp³-hybridized carbons (Fsp3) is 0. The fourth-order valence-electron chi connectivity index (χ4n) is 0.769. The highest BCUT2D eigenvalue weighted by atomic mass is 32.1. The van der Waals surface area contributed by atoms with Crippen LogP contribution in [0.1, 0.15) is 0 Å². The molecule has 46 valence electrons. The number of nitrogens with zero attached hydrogens (tertiary/aromatic N) is 2. The quantitative estimate of drug-likeness (QED) is 0.505. The van der Waals surface area contributed by atoms with Crippen LogP contribution in [0.2, 0.25) is 0 Å². The topological polar surface area (TPSA) is 25.8 Å². The number of hydrogen-bond acceptors (Lipinski definition) is 3. The van der Waals surface area contributed by atoms with E-state index in [4.69, 9.17) is 7.85 Å². The second-order valence-electron chi connectivity index (χ2n) is 1.94. The molecule has 0 spiro atoms. The summed E-state index contributed by atoms with van der Waals surface area (Å²) in [7, 11) is 5.50. The summed E-state index contributed by atoms with van der Waals surface area (Å²) < 4.78 is 1.04. The predicted molar refractivity (Wildman–Crippen MR) is 42.8 cm³/mol. The van der Waals surface area contributed by atoms with Gasteiger partial charge in [0.2, 0.25) is 0 Å². The Morgan fingerprint density at radius 3 is 3.20 bits per heavy atom. The van der Waals surface area contributed by atoms with E-state index in [1.165, 1.54) is 0 Å². The van der Waals surface area contributed by atoms with Crippen LogP contribution in [0.25, 0.3) is 10.3 Å². The molecule has 0 aromatic carbocycles. The maximum Gasteiger partial charge on any atom is 0.170 e. The summed E-state index contributed by atoms with van der Waals surface area (Å²) >= 11 is 1.55. The molecule has 0 aliphatic rings. The van der Waals surface area contributed by atoms with Crippen LogP contribution >= 0.6 is 11.3 Å². The molecule has 2 aromatic rings. The largest absolute Gasteiger partial charge is 0.237 e. The van der Waals surface area contributed by atoms with Gasteiger partial charge in [-0.25, -0.2) is 9.97 Å². The van der Waals surface area contributed by atoms with Crippen molar-refractivity contribution >= 4 is 35.0 Å². The van der Waals surface area contributed by atoms with Crippen LogP contribution in [0.3, 0.4) is 0 Å². The second kappa shape index (κ2) is 2.06. The first kappa shape index (κ1) is 5.86. The fourth-order valence-corrected chi connectivity index (χ4v) is 1.45. The van der Waals surface area contributed by atoms with Gasteiger partial charge in [0.25, 0.3) is 0 Å². The van der Waals surface area contributed by atoms with Gasteiger partial charge in [-0.1, -0.05) is 5.46 Å². The van der Waals surface area contributed by atoms with Crippen molar-refractivity contribution in [1.29, 1.82) is 0 Å². The lowest BCUT2D eigenvalue weighted by molar-refractivity contribution is 1.34. The molecule has 0 saturated heterocycles. The normalized spacial score (nSPS) is 10.4. The zero-order chi connectivity index (χ0) is 6.97. The molecule has 0 unspecified atom stereocenters. The van der Waals surface area contributed by atoms with Crippen LogP contribution in [0.5, 0.6) is 0 Å². The molecule has 10 heavy (non-hydrogen) atoms. The van der Waals surface area contributed by atoms with Gasteiger partial charge < -0.3 is 0 Å². The Hall–Kier alpha value is -0.895. The molecule has 0 aliphatic heterocycles. The van der Waals surface area contributed by atoms with Crippen molar-refractivity contribution in [3.05, 3.63) is 17.8 Å². The van der Waals surface area contributed by atoms with E-state index in [-0.39, 0.29) is 0 Å². The van der Waals surface area contributed by atoms with Gasteiger partial charge in [-0.2, -0.15) is 0 Å². The first-order valence-electron chi connectivity index (χ1n) is 2.81. The van der Waals surface area contributed by atoms with E-state index in [1.807, 2.05) is 6.07 Å². The number of hydrogen-bond donors (Lipinski definition) is 0. The third kappa shape index (κ3) is 0.808. The Kier molecular flexibility index (Phi) is 1.20. The van der Waals surface area contributed by atoms with Gasteiger partial charge in [0, 0.05) is 6.20 Å². The summed E-state index contributed by atoms with van der Waals surface area (Å²) in [5, 5.41) is 0. The molecule has 0 saturated carbocycles. The van der Waals surface area contributed by atoms with Crippen LogP contribution in [0.15, 0.2) is 17.8 Å². The minimum Gasteiger partial charge on any atom is -0.237 e. The number of rotatable bonds is 0. The molecule has 0 fully saturated rings. The molecular formula is C6H3BN2S. The molecule has 2 aromatic heterocycles. The van der Waals surface area contributed by atoms with Gasteiger partial charge in [-0.3, -0.25) is 0 Å². The number of thiazole rings is 1. The molecule has 4 heteroatoms. The maximum absolute atomic E-state index is 5.50. The lowest BCUT2D eigenvalue weighted by atomic mass is 9.99. The zero-order valence-corrected chi connectivity index (χ0v) is 5.93. The summed E-state index contributed by atoms with van der Waals surface area (Å²) in [5.74, 6) is 0. The van der Waals surface area contributed by atoms with Gasteiger partial charge in [-0.15, -0.1) is 11.3 Å². The molecule has 0 bridgehead atoms. The first-order valence-corrected chi connectivity index (χ1v) is 3.69. The average Bonchev–Trinajstić information content (AvgIpc) is 2.33. The van der Waals surface area contributed by atoms with Crippen molar-refractivity contribution in [1.82, 2.24) is 9.97 Å². The predicted octanol–water partition coefficient (Wildman–Crippen LogP) is 0.485. The van der Waals surface area contributed by atoms with Crippen molar-refractivity contribution in [3.63, 3.8) is 0 Å². The summed E-state index contributed by atoms with van der Waals surface area (Å²) in [5.41, 5.74) is 3.23. The summed E-state index contributed by atoms with van der Waals surface area (Å²) in [4.78, 5) is 8.03. The number of pyridine rings is 1. The van der Waals surface area contributed by atoms with Crippen LogP contribution in [0, 0.1) is 0 Å². The van der Waals surface area contributed by atoms with Gasteiger partial charge in [-0.05, 0) is 6.07 Å². The van der Waals surface area contributed by atoms with Crippen LogP contribution in [-0.4, -0.2) is 17.8 Å². The van der Waals surface area contributed by atoms with Crippen LogP contribution in [-0.2, 0) is 0 Å². The molecule has 0 amide bonds. The van der Waals surface area contributed by atoms with Gasteiger partial charge >= 0.3 is 0 Å². The molecule has 2 rings (SSSR count). The van der Waals surface area contributed by atoms with E-state index >= 15 is 0 Å². The van der Waals surface area contributed by atoms with E-state index in [0.717, 1.165) is 10.3 Å². The first-order chi connectivity index (χ1) is 4.86. The van der Waals surface area contributed by atoms with Gasteiger partial charge in [0.05, 0.1) is 10.2 Å². The third-order valence-corrected chi connectivity index (χ3v) is 1.97. The summed E-state index contributed by atoms with van der Waals surface area (Å²) in [6, 6.07) is 1.88. The molecule has 2 nitrogen and oxygen atoms in total. The Morgan fingerprint density at radius 1 is 1.40 bits per heavy atom. The van der Waals surface area contributed by atoms with Gasteiger partial charge in [0.1, 0.15) is 7.85 Å². The van der Waals surface area contributed by atoms with Crippen molar-refractivity contribution < 1.29 is 0 Å². The third-order valence-electron chi connectivity index (χ3n) is 1.21. The summed E-state index contributed by atoms with van der Waals surface area (Å²) in [6.45, 7) is 0. The molecule has 0 atom stereocenters. The van der Waals surface area contributed by atoms with E-state index < -0.39 is 0 Å². The minimum atomic E-state index is 0.691. The van der Waals surface area contributed by atoms with Crippen molar-refractivity contribution in [2.75, 3.05) is 0 Å². The highest BCUT2D eigenvalue weighted by Gasteiger charge is 1.94. The van der Waals surface area contributed by atoms with E-state index in [0.29, 0.717) is 5.46 Å². The van der Waals surface area contributed by atoms with E-state index in [9.17, 15) is 0 Å². The van der Waals surface area contributed by atoms with E-state index in [1.54, 1.807) is 23.0 Å². The zero-order valence-electron chi connectivity index (χ0n) is 5.11. The Balaban J connectivity index is 2.86. The second-order valence-corrected chi connectivity index (χ2v) is 2.83. The Labute approximate surface area is 63.3 Å². The SMILES string of the molecule is [B]c1cnc2ncsc2c1. The molecule has 2 heterocycles. The average molecular weight is 146 g/mol. The highest BCUT2D eigenvalue weighted by molar-refractivity contribution is 7.16. The van der Waals surface area contributed by atoms with E-state index in [2.05, 4.69) is 9.97 Å². The Morgan fingerprint density at radius 2 is 2.30 bits per heavy atom. The number of aromatic nitrogens is 2. The van der Waals surface area contributed by atoms with Crippen molar-refractivity contribution in [2.24, 2.45) is 0 Å². The minimum absolute atomic E-state index is 0.691. The summed E-state index contributed by atoms with van der Waals surface area (Å²) in [6.07, 6.45) is 1.61. The van der Waals surface area contributed by atoms with Gasteiger partial charge in [0.15, 0.2) is 5.65 Å². The lowest BCUT2D eigenvalue weighted by Gasteiger charge is -1.88. The van der Waals surface area contributed by atoms with Crippen LogP contribution in [0.4, 0.5) is 0 Å². The maximum atomic E-state index is 5.50. The lowest BCUT2D eigenvalue weighted by Crippen LogP contribution is -2.00. The monoisotopic (exact) mass is 146 g/mol.